The van der Waals surface area contributed by atoms with Crippen LogP contribution in [0.2, 0.25) is 0 Å². The molecule has 2 N–H and O–H groups in total. The van der Waals surface area contributed by atoms with Gasteiger partial charge in [-0.15, -0.1) is 0 Å². The van der Waals surface area contributed by atoms with Gasteiger partial charge >= 0.3 is 6.01 Å². The van der Waals surface area contributed by atoms with E-state index in [1.54, 1.807) is 20.3 Å². The lowest BCUT2D eigenvalue weighted by molar-refractivity contribution is 0.0827. The Labute approximate surface area is 187 Å². The Morgan fingerprint density at radius 3 is 2.81 bits per heavy atom. The van der Waals surface area contributed by atoms with E-state index in [9.17, 15) is 9.18 Å². The van der Waals surface area contributed by atoms with Gasteiger partial charge in [0.05, 0.1) is 30.3 Å². The van der Waals surface area contributed by atoms with Crippen molar-refractivity contribution in [1.82, 2.24) is 24.8 Å². The quantitative estimate of drug-likeness (QED) is 0.613. The van der Waals surface area contributed by atoms with Gasteiger partial charge in [-0.1, -0.05) is 11.3 Å². The van der Waals surface area contributed by atoms with Gasteiger partial charge in [0.15, 0.2) is 22.5 Å². The molecular weight excluding hydrogens is 437 g/mol. The summed E-state index contributed by atoms with van der Waals surface area (Å²) in [6.45, 7) is 3.64. The molecule has 1 aliphatic rings. The number of hydrogen-bond acceptors (Lipinski definition) is 10. The topological polar surface area (TPSA) is 120 Å². The van der Waals surface area contributed by atoms with Crippen LogP contribution in [0, 0.1) is 5.82 Å². The van der Waals surface area contributed by atoms with Crippen LogP contribution in [0.15, 0.2) is 24.4 Å². The lowest BCUT2D eigenvalue weighted by Gasteiger charge is -2.33. The fourth-order valence-corrected chi connectivity index (χ4v) is 3.74. The first-order valence-corrected chi connectivity index (χ1v) is 10.6. The third-order valence-corrected chi connectivity index (χ3v) is 5.58. The minimum absolute atomic E-state index is 0.0337. The summed E-state index contributed by atoms with van der Waals surface area (Å²) in [4.78, 5) is 33.4. The molecule has 3 heterocycles. The summed E-state index contributed by atoms with van der Waals surface area (Å²) in [6, 6.07) is 3.93. The summed E-state index contributed by atoms with van der Waals surface area (Å²) in [7, 11) is 3.19. The number of carbonyl (C=O) groups is 1. The number of nitrogens with zero attached hydrogens (tertiary/aromatic N) is 6. The van der Waals surface area contributed by atoms with E-state index < -0.39 is 5.82 Å². The highest BCUT2D eigenvalue weighted by Crippen LogP contribution is 2.30. The number of nitrogen functional groups attached to an aromatic ring is 1. The molecule has 0 spiro atoms. The number of rotatable bonds is 5. The maximum atomic E-state index is 14.7. The summed E-state index contributed by atoms with van der Waals surface area (Å²) < 4.78 is 25.8. The molecule has 4 rings (SSSR count). The molecule has 1 saturated heterocycles. The molecule has 0 radical (unpaired) electrons. The second-order valence-corrected chi connectivity index (χ2v) is 8.43. The van der Waals surface area contributed by atoms with Crippen LogP contribution >= 0.6 is 11.3 Å². The van der Waals surface area contributed by atoms with Crippen molar-refractivity contribution >= 4 is 28.3 Å². The van der Waals surface area contributed by atoms with Gasteiger partial charge in [-0.25, -0.2) is 9.37 Å². The van der Waals surface area contributed by atoms with Gasteiger partial charge in [-0.3, -0.25) is 4.79 Å². The molecule has 1 aliphatic heterocycles. The number of carbonyl (C=O) groups excluding carboxylic acids is 1. The molecule has 12 heteroatoms. The van der Waals surface area contributed by atoms with Crippen LogP contribution in [0.4, 0.5) is 15.5 Å². The third kappa shape index (κ3) is 4.60. The summed E-state index contributed by atoms with van der Waals surface area (Å²) in [6.07, 6.45) is 1.56. The average molecular weight is 460 g/mol. The highest BCUT2D eigenvalue weighted by Gasteiger charge is 2.24. The first kappa shape index (κ1) is 21.8. The fraction of sp³-hybridized carbons (Fsp3) is 0.350. The lowest BCUT2D eigenvalue weighted by Crippen LogP contribution is -2.44. The van der Waals surface area contributed by atoms with Crippen LogP contribution in [0.1, 0.15) is 17.3 Å². The molecule has 2 aromatic heterocycles. The summed E-state index contributed by atoms with van der Waals surface area (Å²) >= 11 is 1.22. The second-order valence-electron chi connectivity index (χ2n) is 7.37. The van der Waals surface area contributed by atoms with E-state index in [0.717, 1.165) is 6.07 Å². The van der Waals surface area contributed by atoms with Crippen molar-refractivity contribution in [1.29, 1.82) is 0 Å². The highest BCUT2D eigenvalue weighted by atomic mass is 32.1. The number of nitrogens with two attached hydrogens (primary N) is 1. The maximum Gasteiger partial charge on any atom is 0.327 e. The molecule has 10 nitrogen and oxygen atoms in total. The van der Waals surface area contributed by atoms with E-state index in [-0.39, 0.29) is 29.3 Å². The molecule has 32 heavy (non-hydrogen) atoms. The van der Waals surface area contributed by atoms with Crippen molar-refractivity contribution in [2.45, 2.75) is 13.0 Å². The highest BCUT2D eigenvalue weighted by molar-refractivity contribution is 7.18. The van der Waals surface area contributed by atoms with Gasteiger partial charge in [0.2, 0.25) is 5.95 Å². The van der Waals surface area contributed by atoms with Crippen molar-refractivity contribution in [3.8, 4) is 22.5 Å². The van der Waals surface area contributed by atoms with Crippen molar-refractivity contribution in [2.75, 3.05) is 44.5 Å². The minimum atomic E-state index is -0.706. The average Bonchev–Trinajstić information content (AvgIpc) is 3.21. The van der Waals surface area contributed by atoms with E-state index in [1.165, 1.54) is 28.4 Å². The van der Waals surface area contributed by atoms with Crippen LogP contribution in [0.5, 0.6) is 11.8 Å². The first-order chi connectivity index (χ1) is 15.3. The summed E-state index contributed by atoms with van der Waals surface area (Å²) in [5.74, 6) is -0.431. The van der Waals surface area contributed by atoms with Gasteiger partial charge in [0.1, 0.15) is 0 Å². The van der Waals surface area contributed by atoms with Crippen molar-refractivity contribution in [3.63, 3.8) is 0 Å². The van der Waals surface area contributed by atoms with Gasteiger partial charge in [-0.05, 0) is 25.1 Å². The largest absolute Gasteiger partial charge is 0.421 e. The minimum Gasteiger partial charge on any atom is -0.421 e. The number of benzene rings is 1. The maximum absolute atomic E-state index is 14.7. The second kappa shape index (κ2) is 9.01. The van der Waals surface area contributed by atoms with Crippen LogP contribution in [0.3, 0.4) is 0 Å². The van der Waals surface area contributed by atoms with Crippen LogP contribution in [-0.2, 0) is 4.74 Å². The van der Waals surface area contributed by atoms with E-state index in [0.29, 0.717) is 41.5 Å². The molecule has 0 aliphatic carbocycles. The van der Waals surface area contributed by atoms with E-state index in [2.05, 4.69) is 19.9 Å². The molecule has 1 atom stereocenters. The first-order valence-electron chi connectivity index (χ1n) is 9.83. The number of halogens is 1. The standard InChI is InChI=1S/C20H22FN7O3S/c1-11-10-30-7-6-28(11)19-24-16(15-9-23-18(22)32-15)25-20(26-19)31-14-5-4-12(8-13(14)21)17(29)27(2)3/h4-5,8-9,11H,6-7,10H2,1-3H3,(H2,22,23). The molecule has 3 aromatic rings. The summed E-state index contributed by atoms with van der Waals surface area (Å²) in [5.41, 5.74) is 5.97. The Hall–Kier alpha value is -3.38. The molecular formula is C20H22FN7O3S. The van der Waals surface area contributed by atoms with Crippen LogP contribution in [-0.4, -0.2) is 70.6 Å². The predicted octanol–water partition coefficient (Wildman–Crippen LogP) is 2.44. The Morgan fingerprint density at radius 1 is 1.34 bits per heavy atom. The number of aromatic nitrogens is 4. The van der Waals surface area contributed by atoms with Crippen molar-refractivity contribution < 1.29 is 18.7 Å². The number of hydrogen-bond donors (Lipinski definition) is 1. The summed E-state index contributed by atoms with van der Waals surface area (Å²) in [5, 5.41) is 0.372. The Kier molecular flexibility index (Phi) is 6.15. The SMILES string of the molecule is CC1COCCN1c1nc(Oc2ccc(C(=O)N(C)C)cc2F)nc(-c2cnc(N)s2)n1. The molecule has 1 aromatic carbocycles. The van der Waals surface area contributed by atoms with Gasteiger partial charge < -0.3 is 25.0 Å². The number of amides is 1. The molecule has 1 fully saturated rings. The number of thiazole rings is 1. The molecule has 1 amide bonds. The number of anilines is 2. The predicted molar refractivity (Wildman–Crippen MR) is 117 cm³/mol. The molecule has 1 unspecified atom stereocenters. The smallest absolute Gasteiger partial charge is 0.327 e. The van der Waals surface area contributed by atoms with Crippen LogP contribution in [0.25, 0.3) is 10.7 Å². The van der Waals surface area contributed by atoms with E-state index in [1.807, 2.05) is 11.8 Å². The van der Waals surface area contributed by atoms with E-state index in [4.69, 9.17) is 15.2 Å². The number of ether oxygens (including phenoxy) is 2. The zero-order valence-electron chi connectivity index (χ0n) is 17.8. The number of morpholine rings is 1. The zero-order valence-corrected chi connectivity index (χ0v) is 18.6. The normalized spacial score (nSPS) is 16.1. The van der Waals surface area contributed by atoms with Crippen LogP contribution < -0.4 is 15.4 Å². The fourth-order valence-electron chi connectivity index (χ4n) is 3.12. The molecule has 168 valence electrons. The monoisotopic (exact) mass is 459 g/mol. The Balaban J connectivity index is 1.70. The molecule has 0 bridgehead atoms. The van der Waals surface area contributed by atoms with Crippen molar-refractivity contribution in [2.24, 2.45) is 0 Å². The Bertz CT molecular complexity index is 1140. The van der Waals surface area contributed by atoms with E-state index >= 15 is 0 Å². The van der Waals surface area contributed by atoms with Gasteiger partial charge in [0, 0.05) is 26.2 Å². The van der Waals surface area contributed by atoms with Gasteiger partial charge in [0.25, 0.3) is 5.91 Å². The molecule has 0 saturated carbocycles. The Morgan fingerprint density at radius 2 is 2.16 bits per heavy atom. The third-order valence-electron chi connectivity index (χ3n) is 4.76. The van der Waals surface area contributed by atoms with Gasteiger partial charge in [-0.2, -0.15) is 15.0 Å². The lowest BCUT2D eigenvalue weighted by atomic mass is 10.2. The zero-order chi connectivity index (χ0) is 22.8. The van der Waals surface area contributed by atoms with Crippen molar-refractivity contribution in [3.05, 3.63) is 35.8 Å².